The number of aliphatic hydroxyl groups is 2. The number of aliphatic hydroxyl groups excluding tert-OH is 1. The Morgan fingerprint density at radius 1 is 1.40 bits per heavy atom. The van der Waals surface area contributed by atoms with Crippen LogP contribution in [0.25, 0.3) is 0 Å². The number of nitrogens with zero attached hydrogens (tertiary/aromatic N) is 1. The average molecular weight is 281 g/mol. The Labute approximate surface area is 117 Å². The van der Waals surface area contributed by atoms with Gasteiger partial charge in [0.15, 0.2) is 0 Å². The van der Waals surface area contributed by atoms with Crippen molar-refractivity contribution in [2.24, 2.45) is 0 Å². The maximum atomic E-state index is 13.8. The van der Waals surface area contributed by atoms with E-state index in [0.29, 0.717) is 32.4 Å². The molecule has 0 unspecified atom stereocenters. The first-order chi connectivity index (χ1) is 9.45. The predicted molar refractivity (Wildman–Crippen MR) is 72.9 cm³/mol. The maximum absolute atomic E-state index is 13.8. The molecule has 20 heavy (non-hydrogen) atoms. The summed E-state index contributed by atoms with van der Waals surface area (Å²) in [6, 6.07) is 4.55. The highest BCUT2D eigenvalue weighted by Gasteiger charge is 2.31. The summed E-state index contributed by atoms with van der Waals surface area (Å²) in [7, 11) is 0. The maximum Gasteiger partial charge on any atom is 0.256 e. The van der Waals surface area contributed by atoms with Gasteiger partial charge in [-0.05, 0) is 43.9 Å². The number of carbonyl (C=O) groups is 1. The van der Waals surface area contributed by atoms with Crippen molar-refractivity contribution < 1.29 is 19.4 Å². The van der Waals surface area contributed by atoms with E-state index in [1.807, 2.05) is 0 Å². The molecule has 2 rings (SSSR count). The minimum absolute atomic E-state index is 0.0602. The first-order valence-electron chi connectivity index (χ1n) is 6.84. The summed E-state index contributed by atoms with van der Waals surface area (Å²) in [6.07, 6.45) is 1.35. The lowest BCUT2D eigenvalue weighted by Gasteiger charge is -2.24. The number of amides is 1. The van der Waals surface area contributed by atoms with Crippen molar-refractivity contribution in [1.29, 1.82) is 0 Å². The number of benzene rings is 1. The number of hydrogen-bond acceptors (Lipinski definition) is 3. The van der Waals surface area contributed by atoms with E-state index >= 15 is 0 Å². The fourth-order valence-corrected chi connectivity index (χ4v) is 2.50. The van der Waals surface area contributed by atoms with Gasteiger partial charge in [-0.1, -0.05) is 6.07 Å². The molecular formula is C15H20FNO3. The highest BCUT2D eigenvalue weighted by molar-refractivity contribution is 5.94. The van der Waals surface area contributed by atoms with E-state index in [-0.39, 0.29) is 18.1 Å². The van der Waals surface area contributed by atoms with Crippen molar-refractivity contribution >= 4 is 5.91 Å². The summed E-state index contributed by atoms with van der Waals surface area (Å²) in [5.74, 6) is -0.874. The van der Waals surface area contributed by atoms with Crippen LogP contribution in [0.4, 0.5) is 4.39 Å². The standard InChI is InChI=1S/C15H20FNO3/c1-11-3-4-12(13(16)9-11)14(19)17-7-2-5-15(20,10-18)6-8-17/h3-4,9,18,20H,2,5-8,10H2,1H3/t15-/m1/s1. The van der Waals surface area contributed by atoms with Gasteiger partial charge in [0.25, 0.3) is 5.91 Å². The van der Waals surface area contributed by atoms with Crippen molar-refractivity contribution in [1.82, 2.24) is 4.90 Å². The van der Waals surface area contributed by atoms with Crippen molar-refractivity contribution in [3.05, 3.63) is 35.1 Å². The smallest absolute Gasteiger partial charge is 0.256 e. The first-order valence-corrected chi connectivity index (χ1v) is 6.84. The van der Waals surface area contributed by atoms with Crippen LogP contribution in [0, 0.1) is 12.7 Å². The molecule has 1 saturated heterocycles. The molecule has 0 aromatic heterocycles. The van der Waals surface area contributed by atoms with E-state index in [1.165, 1.54) is 12.1 Å². The number of aryl methyl sites for hydroxylation is 1. The number of rotatable bonds is 2. The van der Waals surface area contributed by atoms with E-state index in [9.17, 15) is 19.4 Å². The van der Waals surface area contributed by atoms with Crippen LogP contribution >= 0.6 is 0 Å². The molecule has 110 valence electrons. The van der Waals surface area contributed by atoms with Crippen LogP contribution in [-0.2, 0) is 0 Å². The molecule has 0 bridgehead atoms. The second kappa shape index (κ2) is 5.89. The number of hydrogen-bond donors (Lipinski definition) is 2. The summed E-state index contributed by atoms with van der Waals surface area (Å²) >= 11 is 0. The van der Waals surface area contributed by atoms with Gasteiger partial charge in [-0.15, -0.1) is 0 Å². The fourth-order valence-electron chi connectivity index (χ4n) is 2.50. The normalized spacial score (nSPS) is 23.5. The molecule has 1 amide bonds. The van der Waals surface area contributed by atoms with E-state index in [0.717, 1.165) is 5.56 Å². The van der Waals surface area contributed by atoms with Gasteiger partial charge in [-0.25, -0.2) is 4.39 Å². The van der Waals surface area contributed by atoms with Gasteiger partial charge in [0, 0.05) is 13.1 Å². The molecule has 0 aliphatic carbocycles. The summed E-state index contributed by atoms with van der Waals surface area (Å²) in [6.45, 7) is 2.25. The molecule has 2 N–H and O–H groups in total. The Bertz CT molecular complexity index is 506. The first kappa shape index (κ1) is 14.9. The fraction of sp³-hybridized carbons (Fsp3) is 0.533. The van der Waals surface area contributed by atoms with Crippen LogP contribution in [0.15, 0.2) is 18.2 Å². The van der Waals surface area contributed by atoms with Crippen LogP contribution in [-0.4, -0.2) is 46.3 Å². The summed E-state index contributed by atoms with van der Waals surface area (Å²) < 4.78 is 13.8. The summed E-state index contributed by atoms with van der Waals surface area (Å²) in [5, 5.41) is 19.2. The van der Waals surface area contributed by atoms with Gasteiger partial charge >= 0.3 is 0 Å². The highest BCUT2D eigenvalue weighted by atomic mass is 19.1. The van der Waals surface area contributed by atoms with E-state index < -0.39 is 11.4 Å². The lowest BCUT2D eigenvalue weighted by Crippen LogP contribution is -2.36. The highest BCUT2D eigenvalue weighted by Crippen LogP contribution is 2.23. The van der Waals surface area contributed by atoms with Crippen molar-refractivity contribution in [3.8, 4) is 0 Å². The van der Waals surface area contributed by atoms with Crippen molar-refractivity contribution in [3.63, 3.8) is 0 Å². The topological polar surface area (TPSA) is 60.8 Å². The molecule has 1 atom stereocenters. The molecule has 0 radical (unpaired) electrons. The van der Waals surface area contributed by atoms with E-state index in [4.69, 9.17) is 0 Å². The van der Waals surface area contributed by atoms with Crippen LogP contribution in [0.1, 0.15) is 35.2 Å². The van der Waals surface area contributed by atoms with Gasteiger partial charge in [0.2, 0.25) is 0 Å². The predicted octanol–water partition coefficient (Wildman–Crippen LogP) is 1.48. The second-order valence-electron chi connectivity index (χ2n) is 5.51. The zero-order valence-corrected chi connectivity index (χ0v) is 11.6. The molecule has 1 heterocycles. The zero-order valence-electron chi connectivity index (χ0n) is 11.6. The summed E-state index contributed by atoms with van der Waals surface area (Å²) in [4.78, 5) is 13.9. The van der Waals surface area contributed by atoms with Gasteiger partial charge in [0.1, 0.15) is 5.82 Å². The number of likely N-dealkylation sites (tertiary alicyclic amines) is 1. The molecule has 1 aliphatic heterocycles. The molecule has 1 aliphatic rings. The third kappa shape index (κ3) is 3.16. The zero-order chi connectivity index (χ0) is 14.8. The monoisotopic (exact) mass is 281 g/mol. The Balaban J connectivity index is 2.13. The largest absolute Gasteiger partial charge is 0.393 e. The SMILES string of the molecule is Cc1ccc(C(=O)N2CCC[C@](O)(CO)CC2)c(F)c1. The molecule has 4 nitrogen and oxygen atoms in total. The lowest BCUT2D eigenvalue weighted by atomic mass is 9.96. The third-order valence-corrected chi connectivity index (χ3v) is 3.85. The second-order valence-corrected chi connectivity index (χ2v) is 5.51. The lowest BCUT2D eigenvalue weighted by molar-refractivity contribution is -0.0250. The van der Waals surface area contributed by atoms with Crippen molar-refractivity contribution in [2.45, 2.75) is 31.8 Å². The van der Waals surface area contributed by atoms with Crippen LogP contribution in [0.3, 0.4) is 0 Å². The van der Waals surface area contributed by atoms with Crippen LogP contribution < -0.4 is 0 Å². The molecule has 0 spiro atoms. The van der Waals surface area contributed by atoms with E-state index in [2.05, 4.69) is 0 Å². The van der Waals surface area contributed by atoms with Gasteiger partial charge in [0.05, 0.1) is 17.8 Å². The Kier molecular flexibility index (Phi) is 4.40. The quantitative estimate of drug-likeness (QED) is 0.863. The molecule has 5 heteroatoms. The molecule has 1 fully saturated rings. The molecule has 0 saturated carbocycles. The average Bonchev–Trinajstić information content (AvgIpc) is 2.61. The van der Waals surface area contributed by atoms with Crippen LogP contribution in [0.2, 0.25) is 0 Å². The summed E-state index contributed by atoms with van der Waals surface area (Å²) in [5.41, 5.74) is -0.296. The van der Waals surface area contributed by atoms with E-state index in [1.54, 1.807) is 17.9 Å². The number of halogens is 1. The molecule has 1 aromatic rings. The Hall–Kier alpha value is -1.46. The number of carbonyl (C=O) groups excluding carboxylic acids is 1. The minimum atomic E-state index is -1.12. The molecular weight excluding hydrogens is 261 g/mol. The van der Waals surface area contributed by atoms with Gasteiger partial charge < -0.3 is 15.1 Å². The Morgan fingerprint density at radius 2 is 2.15 bits per heavy atom. The molecule has 1 aromatic carbocycles. The van der Waals surface area contributed by atoms with Gasteiger partial charge in [-0.3, -0.25) is 4.79 Å². The van der Waals surface area contributed by atoms with Crippen molar-refractivity contribution in [2.75, 3.05) is 19.7 Å². The Morgan fingerprint density at radius 3 is 2.80 bits per heavy atom. The third-order valence-electron chi connectivity index (χ3n) is 3.85. The van der Waals surface area contributed by atoms with Gasteiger partial charge in [-0.2, -0.15) is 0 Å². The minimum Gasteiger partial charge on any atom is -0.393 e. The van der Waals surface area contributed by atoms with Crippen LogP contribution in [0.5, 0.6) is 0 Å².